The van der Waals surface area contributed by atoms with Crippen molar-refractivity contribution < 1.29 is 19.0 Å². The monoisotopic (exact) mass is 383 g/mol. The number of likely N-dealkylation sites (tertiary alicyclic amines) is 1. The van der Waals surface area contributed by atoms with E-state index in [1.165, 1.54) is 0 Å². The minimum Gasteiger partial charge on any atom is -0.490 e. The smallest absolute Gasteiger partial charge is 0.216 e. The molecule has 0 unspecified atom stereocenters. The quantitative estimate of drug-likeness (QED) is 0.715. The van der Waals surface area contributed by atoms with Crippen molar-refractivity contribution >= 4 is 17.8 Å². The predicted molar refractivity (Wildman–Crippen MR) is 106 cm³/mol. The number of hydrogen-bond acceptors (Lipinski definition) is 6. The molecule has 1 atom stereocenters. The molecule has 0 bridgehead atoms. The van der Waals surface area contributed by atoms with E-state index >= 15 is 0 Å². The van der Waals surface area contributed by atoms with Crippen LogP contribution in [0.25, 0.3) is 0 Å². The number of hydrogen-bond donors (Lipinski definition) is 0. The van der Waals surface area contributed by atoms with Crippen LogP contribution < -0.4 is 19.1 Å². The van der Waals surface area contributed by atoms with Crippen molar-refractivity contribution in [3.05, 3.63) is 36.0 Å². The summed E-state index contributed by atoms with van der Waals surface area (Å²) >= 11 is 0. The summed E-state index contributed by atoms with van der Waals surface area (Å²) < 4.78 is 17.5. The fourth-order valence-corrected chi connectivity index (χ4v) is 3.66. The maximum atomic E-state index is 10.9. The van der Waals surface area contributed by atoms with Gasteiger partial charge in [0.25, 0.3) is 0 Å². The zero-order chi connectivity index (χ0) is 19.5. The number of carbonyl (C=O) groups is 1. The van der Waals surface area contributed by atoms with E-state index in [-0.39, 0.29) is 6.10 Å². The standard InChI is InChI=1S/C21H25N3O4/c1-3-26-21-15(2)10-16(12-22-21)24-8-9-27-20-5-4-17(11-19(20)24)28-18-6-7-23(13-18)14-25/h4-5,10-12,14,18H,3,6-9,13H2,1-2H3/t18-/m0/s1. The fourth-order valence-electron chi connectivity index (χ4n) is 3.66. The summed E-state index contributed by atoms with van der Waals surface area (Å²) in [5, 5.41) is 0. The highest BCUT2D eigenvalue weighted by Crippen LogP contribution is 2.40. The van der Waals surface area contributed by atoms with E-state index in [1.54, 1.807) is 4.90 Å². The Hall–Kier alpha value is -2.96. The molecule has 28 heavy (non-hydrogen) atoms. The maximum Gasteiger partial charge on any atom is 0.216 e. The van der Waals surface area contributed by atoms with Gasteiger partial charge in [-0.25, -0.2) is 4.98 Å². The molecule has 0 aliphatic carbocycles. The first kappa shape index (κ1) is 18.4. The summed E-state index contributed by atoms with van der Waals surface area (Å²) in [7, 11) is 0. The first-order valence-electron chi connectivity index (χ1n) is 9.67. The van der Waals surface area contributed by atoms with Crippen molar-refractivity contribution in [1.29, 1.82) is 0 Å². The zero-order valence-corrected chi connectivity index (χ0v) is 16.3. The number of benzene rings is 1. The van der Waals surface area contributed by atoms with Gasteiger partial charge in [0.1, 0.15) is 24.2 Å². The summed E-state index contributed by atoms with van der Waals surface area (Å²) in [4.78, 5) is 19.3. The molecular weight excluding hydrogens is 358 g/mol. The highest BCUT2D eigenvalue weighted by atomic mass is 16.5. The van der Waals surface area contributed by atoms with Gasteiger partial charge in [0.05, 0.1) is 37.3 Å². The van der Waals surface area contributed by atoms with Gasteiger partial charge in [-0.2, -0.15) is 0 Å². The third-order valence-electron chi connectivity index (χ3n) is 5.03. The molecule has 0 radical (unpaired) electrons. The highest BCUT2D eigenvalue weighted by molar-refractivity contribution is 5.72. The normalized spacial score (nSPS) is 18.4. The minimum atomic E-state index is 0.0237. The molecule has 7 heteroatoms. The molecule has 1 aromatic carbocycles. The minimum absolute atomic E-state index is 0.0237. The molecule has 1 aromatic heterocycles. The molecule has 4 rings (SSSR count). The lowest BCUT2D eigenvalue weighted by atomic mass is 10.2. The van der Waals surface area contributed by atoms with Gasteiger partial charge in [-0.3, -0.25) is 4.79 Å². The molecular formula is C21H25N3O4. The number of ether oxygens (including phenoxy) is 3. The molecule has 148 valence electrons. The van der Waals surface area contributed by atoms with Crippen LogP contribution in [-0.2, 0) is 4.79 Å². The molecule has 1 amide bonds. The van der Waals surface area contributed by atoms with Crippen LogP contribution in [0.3, 0.4) is 0 Å². The lowest BCUT2D eigenvalue weighted by Crippen LogP contribution is -2.29. The number of fused-ring (bicyclic) bond motifs is 1. The molecule has 2 aliphatic heterocycles. The van der Waals surface area contributed by atoms with Crippen LogP contribution in [0.15, 0.2) is 30.5 Å². The first-order chi connectivity index (χ1) is 13.7. The highest BCUT2D eigenvalue weighted by Gasteiger charge is 2.25. The number of nitrogens with zero attached hydrogens (tertiary/aromatic N) is 3. The number of rotatable bonds is 6. The van der Waals surface area contributed by atoms with Gasteiger partial charge in [-0.05, 0) is 32.0 Å². The topological polar surface area (TPSA) is 64.1 Å². The van der Waals surface area contributed by atoms with Crippen LogP contribution in [0, 0.1) is 6.92 Å². The van der Waals surface area contributed by atoms with E-state index in [4.69, 9.17) is 14.2 Å². The lowest BCUT2D eigenvalue weighted by Gasteiger charge is -2.32. The van der Waals surface area contributed by atoms with Gasteiger partial charge in [0.15, 0.2) is 0 Å². The molecule has 0 saturated carbocycles. The van der Waals surface area contributed by atoms with Crippen molar-refractivity contribution in [3.63, 3.8) is 0 Å². The van der Waals surface area contributed by atoms with Crippen molar-refractivity contribution in [3.8, 4) is 17.4 Å². The second-order valence-electron chi connectivity index (χ2n) is 7.01. The number of anilines is 2. The second-order valence-corrected chi connectivity index (χ2v) is 7.01. The van der Waals surface area contributed by atoms with Crippen molar-refractivity contribution in [2.45, 2.75) is 26.4 Å². The van der Waals surface area contributed by atoms with E-state index in [9.17, 15) is 4.79 Å². The van der Waals surface area contributed by atoms with Gasteiger partial charge in [-0.1, -0.05) is 0 Å². The molecule has 2 aliphatic rings. The van der Waals surface area contributed by atoms with E-state index in [0.717, 1.165) is 54.4 Å². The van der Waals surface area contributed by atoms with Crippen LogP contribution in [0.4, 0.5) is 11.4 Å². The summed E-state index contributed by atoms with van der Waals surface area (Å²) in [6.07, 6.45) is 3.58. The lowest BCUT2D eigenvalue weighted by molar-refractivity contribution is -0.117. The van der Waals surface area contributed by atoms with Gasteiger partial charge in [0, 0.05) is 24.6 Å². The molecule has 0 spiro atoms. The number of aryl methyl sites for hydroxylation is 1. The van der Waals surface area contributed by atoms with Crippen LogP contribution >= 0.6 is 0 Å². The molecule has 1 fully saturated rings. The number of carbonyl (C=O) groups excluding carboxylic acids is 1. The van der Waals surface area contributed by atoms with Crippen LogP contribution in [0.2, 0.25) is 0 Å². The van der Waals surface area contributed by atoms with Crippen molar-refractivity contribution in [1.82, 2.24) is 9.88 Å². The maximum absolute atomic E-state index is 10.9. The number of amides is 1. The van der Waals surface area contributed by atoms with E-state index in [0.29, 0.717) is 25.6 Å². The first-order valence-corrected chi connectivity index (χ1v) is 9.67. The summed E-state index contributed by atoms with van der Waals surface area (Å²) in [5.41, 5.74) is 2.95. The Kier molecular flexibility index (Phi) is 5.23. The van der Waals surface area contributed by atoms with Crippen LogP contribution in [-0.4, -0.2) is 55.2 Å². The molecule has 7 nitrogen and oxygen atoms in total. The molecule has 0 N–H and O–H groups in total. The summed E-state index contributed by atoms with van der Waals surface area (Å²) in [5.74, 6) is 2.27. The predicted octanol–water partition coefficient (Wildman–Crippen LogP) is 2.93. The Labute approximate surface area is 164 Å². The molecule has 2 aromatic rings. The Bertz CT molecular complexity index is 858. The molecule has 1 saturated heterocycles. The summed E-state index contributed by atoms with van der Waals surface area (Å²) in [6.45, 7) is 7.25. The Morgan fingerprint density at radius 1 is 1.32 bits per heavy atom. The molecule has 3 heterocycles. The van der Waals surface area contributed by atoms with Crippen LogP contribution in [0.1, 0.15) is 18.9 Å². The van der Waals surface area contributed by atoms with Crippen molar-refractivity contribution in [2.24, 2.45) is 0 Å². The Morgan fingerprint density at radius 3 is 2.96 bits per heavy atom. The average Bonchev–Trinajstić information content (AvgIpc) is 3.17. The fraction of sp³-hybridized carbons (Fsp3) is 0.429. The van der Waals surface area contributed by atoms with Crippen molar-refractivity contribution in [2.75, 3.05) is 37.7 Å². The van der Waals surface area contributed by atoms with Gasteiger partial charge < -0.3 is 24.0 Å². The zero-order valence-electron chi connectivity index (χ0n) is 16.3. The van der Waals surface area contributed by atoms with Gasteiger partial charge in [-0.15, -0.1) is 0 Å². The second kappa shape index (κ2) is 7.96. The van der Waals surface area contributed by atoms with E-state index in [2.05, 4.69) is 16.0 Å². The number of aromatic nitrogens is 1. The Morgan fingerprint density at radius 2 is 2.21 bits per heavy atom. The average molecular weight is 383 g/mol. The largest absolute Gasteiger partial charge is 0.490 e. The third kappa shape index (κ3) is 3.69. The van der Waals surface area contributed by atoms with Crippen LogP contribution in [0.5, 0.6) is 17.4 Å². The Balaban J connectivity index is 1.58. The summed E-state index contributed by atoms with van der Waals surface area (Å²) in [6, 6.07) is 7.95. The van der Waals surface area contributed by atoms with E-state index in [1.807, 2.05) is 38.2 Å². The van der Waals surface area contributed by atoms with Gasteiger partial charge >= 0.3 is 0 Å². The number of pyridine rings is 1. The SMILES string of the molecule is CCOc1ncc(N2CCOc3ccc(O[C@H]4CCN(C=O)C4)cc32)cc1C. The van der Waals surface area contributed by atoms with Gasteiger partial charge in [0.2, 0.25) is 12.3 Å². The van der Waals surface area contributed by atoms with E-state index < -0.39 is 0 Å². The third-order valence-corrected chi connectivity index (χ3v) is 5.03.